The van der Waals surface area contributed by atoms with Gasteiger partial charge in [-0.15, -0.1) is 11.8 Å². The minimum atomic E-state index is -0.669. The highest BCUT2D eigenvalue weighted by atomic mass is 35.5. The fourth-order valence-corrected chi connectivity index (χ4v) is 3.30. The number of hydrazine groups is 1. The molecule has 0 saturated heterocycles. The van der Waals surface area contributed by atoms with Gasteiger partial charge in [0.2, 0.25) is 0 Å². The van der Waals surface area contributed by atoms with Crippen LogP contribution in [0.1, 0.15) is 26.3 Å². The van der Waals surface area contributed by atoms with E-state index in [9.17, 15) is 14.7 Å². The Balaban J connectivity index is 1.54. The summed E-state index contributed by atoms with van der Waals surface area (Å²) in [5, 5.41) is 10.0. The zero-order valence-electron chi connectivity index (χ0n) is 14.6. The second kappa shape index (κ2) is 9.25. The Morgan fingerprint density at radius 2 is 1.79 bits per heavy atom. The molecule has 0 bridgehead atoms. The van der Waals surface area contributed by atoms with E-state index in [0.29, 0.717) is 10.6 Å². The van der Waals surface area contributed by atoms with Crippen LogP contribution >= 0.6 is 23.4 Å². The molecule has 0 aliphatic carbocycles. The van der Waals surface area contributed by atoms with Gasteiger partial charge in [0, 0.05) is 33.6 Å². The fourth-order valence-electron chi connectivity index (χ4n) is 2.30. The van der Waals surface area contributed by atoms with Gasteiger partial charge in [-0.2, -0.15) is 0 Å². The summed E-state index contributed by atoms with van der Waals surface area (Å²) in [7, 11) is 0. The van der Waals surface area contributed by atoms with Crippen molar-refractivity contribution in [1.82, 2.24) is 15.8 Å². The highest BCUT2D eigenvalue weighted by molar-refractivity contribution is 7.98. The number of carbonyl (C=O) groups is 2. The van der Waals surface area contributed by atoms with E-state index in [-0.39, 0.29) is 11.3 Å². The third-order valence-corrected chi connectivity index (χ3v) is 5.06. The number of thioether (sulfide) groups is 1. The largest absolute Gasteiger partial charge is 0.507 e. The number of benzene rings is 2. The Morgan fingerprint density at radius 1 is 1.04 bits per heavy atom. The Bertz CT molecular complexity index is 982. The molecule has 8 heteroatoms. The third kappa shape index (κ3) is 5.25. The number of phenolic OH excluding ortho intramolecular Hbond substituents is 1. The number of pyridine rings is 1. The molecule has 3 N–H and O–H groups in total. The average molecular weight is 414 g/mol. The average Bonchev–Trinajstić information content (AvgIpc) is 2.73. The lowest BCUT2D eigenvalue weighted by Crippen LogP contribution is -2.41. The quantitative estimate of drug-likeness (QED) is 0.437. The van der Waals surface area contributed by atoms with Gasteiger partial charge in [-0.05, 0) is 54.1 Å². The van der Waals surface area contributed by atoms with Crippen molar-refractivity contribution in [2.45, 2.75) is 10.6 Å². The maximum Gasteiger partial charge on any atom is 0.273 e. The number of phenols is 1. The van der Waals surface area contributed by atoms with E-state index in [1.165, 1.54) is 18.2 Å². The first-order valence-electron chi connectivity index (χ1n) is 8.24. The van der Waals surface area contributed by atoms with Crippen LogP contribution in [0, 0.1) is 0 Å². The number of aromatic nitrogens is 1. The monoisotopic (exact) mass is 413 g/mol. The van der Waals surface area contributed by atoms with Gasteiger partial charge in [-0.3, -0.25) is 25.4 Å². The molecule has 1 aromatic heterocycles. The Kier molecular flexibility index (Phi) is 6.52. The summed E-state index contributed by atoms with van der Waals surface area (Å²) in [4.78, 5) is 29.4. The van der Waals surface area contributed by atoms with Gasteiger partial charge in [0.15, 0.2) is 0 Å². The van der Waals surface area contributed by atoms with Crippen LogP contribution in [0.3, 0.4) is 0 Å². The van der Waals surface area contributed by atoms with E-state index in [0.717, 1.165) is 16.2 Å². The van der Waals surface area contributed by atoms with E-state index in [1.807, 2.05) is 30.5 Å². The maximum atomic E-state index is 12.2. The van der Waals surface area contributed by atoms with E-state index in [2.05, 4.69) is 15.8 Å². The molecule has 0 aliphatic rings. The number of nitrogens with zero attached hydrogens (tertiary/aromatic N) is 1. The molecule has 0 unspecified atom stereocenters. The van der Waals surface area contributed by atoms with Gasteiger partial charge in [-0.25, -0.2) is 0 Å². The van der Waals surface area contributed by atoms with Crippen molar-refractivity contribution in [2.75, 3.05) is 0 Å². The van der Waals surface area contributed by atoms with Gasteiger partial charge in [-0.1, -0.05) is 17.7 Å². The van der Waals surface area contributed by atoms with Crippen LogP contribution in [0.15, 0.2) is 71.9 Å². The molecule has 142 valence electrons. The molecule has 2 amide bonds. The number of halogens is 1. The number of aromatic hydroxyl groups is 1. The number of nitrogens with one attached hydrogen (secondary N) is 2. The molecule has 0 atom stereocenters. The Labute approximate surface area is 170 Å². The molecular weight excluding hydrogens is 398 g/mol. The lowest BCUT2D eigenvalue weighted by molar-refractivity contribution is 0.0845. The van der Waals surface area contributed by atoms with Gasteiger partial charge in [0.25, 0.3) is 11.8 Å². The van der Waals surface area contributed by atoms with E-state index >= 15 is 0 Å². The first-order chi connectivity index (χ1) is 13.5. The predicted molar refractivity (Wildman–Crippen MR) is 108 cm³/mol. The van der Waals surface area contributed by atoms with Gasteiger partial charge < -0.3 is 5.11 Å². The van der Waals surface area contributed by atoms with Crippen molar-refractivity contribution in [1.29, 1.82) is 0 Å². The first-order valence-corrected chi connectivity index (χ1v) is 9.60. The fraction of sp³-hybridized carbons (Fsp3) is 0.0500. The van der Waals surface area contributed by atoms with Crippen LogP contribution in [0.5, 0.6) is 5.75 Å². The minimum absolute atomic E-state index is 0.0325. The van der Waals surface area contributed by atoms with Gasteiger partial charge in [0.05, 0.1) is 5.56 Å². The van der Waals surface area contributed by atoms with Crippen LogP contribution in [0.2, 0.25) is 5.02 Å². The molecule has 0 spiro atoms. The number of rotatable bonds is 5. The third-order valence-electron chi connectivity index (χ3n) is 3.74. The number of hydrogen-bond acceptors (Lipinski definition) is 5. The number of amides is 2. The molecule has 1 heterocycles. The molecule has 28 heavy (non-hydrogen) atoms. The standard InChI is InChI=1S/C20H16ClN3O3S/c21-15-5-8-18(25)17(10-15)20(27)24-23-19(26)14-3-6-16(7-4-14)28-12-13-2-1-9-22-11-13/h1-11,25H,12H2,(H,23,26)(H,24,27). The predicted octanol–water partition coefficient (Wildman–Crippen LogP) is 3.81. The molecule has 0 radical (unpaired) electrons. The highest BCUT2D eigenvalue weighted by Crippen LogP contribution is 2.23. The topological polar surface area (TPSA) is 91.3 Å². The van der Waals surface area contributed by atoms with Gasteiger partial charge in [0.1, 0.15) is 5.75 Å². The lowest BCUT2D eigenvalue weighted by Gasteiger charge is -2.09. The first kappa shape index (κ1) is 19.7. The highest BCUT2D eigenvalue weighted by Gasteiger charge is 2.13. The smallest absolute Gasteiger partial charge is 0.273 e. The second-order valence-corrected chi connectivity index (χ2v) is 7.23. The molecule has 2 aromatic carbocycles. The Hall–Kier alpha value is -3.03. The Morgan fingerprint density at radius 3 is 2.50 bits per heavy atom. The van der Waals surface area contributed by atoms with Crippen LogP contribution in [-0.2, 0) is 5.75 Å². The molecular formula is C20H16ClN3O3S. The SMILES string of the molecule is O=C(NNC(=O)c1cc(Cl)ccc1O)c1ccc(SCc2cccnc2)cc1. The summed E-state index contributed by atoms with van der Waals surface area (Å²) >= 11 is 7.45. The van der Waals surface area contributed by atoms with Crippen LogP contribution in [-0.4, -0.2) is 21.9 Å². The summed E-state index contributed by atoms with van der Waals surface area (Å²) in [5.74, 6) is -0.597. The van der Waals surface area contributed by atoms with Crippen molar-refractivity contribution in [3.05, 3.63) is 88.7 Å². The van der Waals surface area contributed by atoms with Crippen molar-refractivity contribution >= 4 is 35.2 Å². The molecule has 0 aliphatic heterocycles. The lowest BCUT2D eigenvalue weighted by atomic mass is 10.2. The zero-order chi connectivity index (χ0) is 19.9. The van der Waals surface area contributed by atoms with Crippen molar-refractivity contribution in [3.8, 4) is 5.75 Å². The molecule has 6 nitrogen and oxygen atoms in total. The van der Waals surface area contributed by atoms with Gasteiger partial charge >= 0.3 is 0 Å². The number of carbonyl (C=O) groups excluding carboxylic acids is 2. The van der Waals surface area contributed by atoms with Crippen molar-refractivity contribution < 1.29 is 14.7 Å². The summed E-state index contributed by atoms with van der Waals surface area (Å²) in [6.45, 7) is 0. The second-order valence-electron chi connectivity index (χ2n) is 5.74. The summed E-state index contributed by atoms with van der Waals surface area (Å²) in [5.41, 5.74) is 6.04. The van der Waals surface area contributed by atoms with E-state index in [4.69, 9.17) is 11.6 Å². The van der Waals surface area contributed by atoms with Crippen LogP contribution in [0.4, 0.5) is 0 Å². The maximum absolute atomic E-state index is 12.2. The minimum Gasteiger partial charge on any atom is -0.507 e. The van der Waals surface area contributed by atoms with E-state index in [1.54, 1.807) is 30.1 Å². The normalized spacial score (nSPS) is 10.3. The van der Waals surface area contributed by atoms with Crippen molar-refractivity contribution in [3.63, 3.8) is 0 Å². The zero-order valence-corrected chi connectivity index (χ0v) is 16.1. The summed E-state index contributed by atoms with van der Waals surface area (Å²) in [6, 6.07) is 15.0. The number of hydrogen-bond donors (Lipinski definition) is 3. The molecule has 3 aromatic rings. The van der Waals surface area contributed by atoms with Crippen LogP contribution < -0.4 is 10.9 Å². The van der Waals surface area contributed by atoms with Crippen LogP contribution in [0.25, 0.3) is 0 Å². The summed E-state index contributed by atoms with van der Waals surface area (Å²) < 4.78 is 0. The molecule has 0 saturated carbocycles. The van der Waals surface area contributed by atoms with Crippen molar-refractivity contribution in [2.24, 2.45) is 0 Å². The van der Waals surface area contributed by atoms with E-state index < -0.39 is 11.8 Å². The molecule has 3 rings (SSSR count). The summed E-state index contributed by atoms with van der Waals surface area (Å²) in [6.07, 6.45) is 3.54. The molecule has 0 fully saturated rings.